The molecule has 25 heavy (non-hydrogen) atoms. The molecule has 2 aliphatic rings. The lowest BCUT2D eigenvalue weighted by molar-refractivity contribution is 0.129. The third-order valence-electron chi connectivity index (χ3n) is 5.28. The Bertz CT molecular complexity index is 509. The third-order valence-corrected chi connectivity index (χ3v) is 6.15. The minimum atomic E-state index is 0.0913. The average molecular weight is 367 g/mol. The number of piperazine rings is 1. The maximum Gasteiger partial charge on any atom is 0.317 e. The van der Waals surface area contributed by atoms with Crippen molar-refractivity contribution in [1.29, 1.82) is 0 Å². The second kappa shape index (κ2) is 9.52. The third kappa shape index (κ3) is 5.67. The maximum atomic E-state index is 12.4. The van der Waals surface area contributed by atoms with Gasteiger partial charge in [0.15, 0.2) is 0 Å². The van der Waals surface area contributed by atoms with Gasteiger partial charge in [-0.25, -0.2) is 4.79 Å². The molecule has 2 aliphatic heterocycles. The highest BCUT2D eigenvalue weighted by molar-refractivity contribution is 7.09. The molecule has 0 radical (unpaired) electrons. The number of nitrogens with zero attached hydrogens (tertiary/aromatic N) is 3. The zero-order valence-corrected chi connectivity index (χ0v) is 15.7. The van der Waals surface area contributed by atoms with Crippen molar-refractivity contribution in [1.82, 2.24) is 20.0 Å². The van der Waals surface area contributed by atoms with Gasteiger partial charge in [0, 0.05) is 50.7 Å². The maximum absolute atomic E-state index is 12.4. The largest absolute Gasteiger partial charge is 0.395 e. The fraction of sp³-hybridized carbons (Fsp3) is 0.722. The number of urea groups is 1. The number of carbonyl (C=O) groups is 1. The van der Waals surface area contributed by atoms with Crippen molar-refractivity contribution in [3.8, 4) is 0 Å². The van der Waals surface area contributed by atoms with Gasteiger partial charge < -0.3 is 20.2 Å². The topological polar surface area (TPSA) is 59.1 Å². The molecule has 2 fully saturated rings. The van der Waals surface area contributed by atoms with E-state index in [0.29, 0.717) is 5.92 Å². The summed E-state index contributed by atoms with van der Waals surface area (Å²) in [5.41, 5.74) is 0. The Kier molecular flexibility index (Phi) is 7.10. The van der Waals surface area contributed by atoms with Crippen LogP contribution in [0.1, 0.15) is 17.7 Å². The molecule has 1 aromatic rings. The standard InChI is InChI=1S/C18H30N4O2S/c23-12-11-20-5-3-16(4-6-20)14-19-18(24)22-9-7-21(8-10-22)15-17-2-1-13-25-17/h1-2,13,16,23H,3-12,14-15H2,(H,19,24). The number of nitrogens with one attached hydrogen (secondary N) is 1. The Morgan fingerprint density at radius 3 is 2.56 bits per heavy atom. The lowest BCUT2D eigenvalue weighted by Gasteiger charge is -2.35. The SMILES string of the molecule is O=C(NCC1CCN(CCO)CC1)N1CCN(Cc2cccs2)CC1. The molecule has 0 spiro atoms. The summed E-state index contributed by atoms with van der Waals surface area (Å²) in [5, 5.41) is 14.2. The summed E-state index contributed by atoms with van der Waals surface area (Å²) < 4.78 is 0. The highest BCUT2D eigenvalue weighted by atomic mass is 32.1. The molecule has 3 heterocycles. The van der Waals surface area contributed by atoms with E-state index in [1.807, 2.05) is 4.90 Å². The molecule has 0 bridgehead atoms. The van der Waals surface area contributed by atoms with Crippen molar-refractivity contribution in [3.63, 3.8) is 0 Å². The molecule has 1 aromatic heterocycles. The minimum Gasteiger partial charge on any atom is -0.395 e. The summed E-state index contributed by atoms with van der Waals surface area (Å²) in [5.74, 6) is 0.569. The van der Waals surface area contributed by atoms with Crippen LogP contribution in [-0.4, -0.2) is 84.8 Å². The van der Waals surface area contributed by atoms with Crippen molar-refractivity contribution >= 4 is 17.4 Å². The number of thiophene rings is 1. The molecule has 2 saturated heterocycles. The predicted molar refractivity (Wildman–Crippen MR) is 101 cm³/mol. The van der Waals surface area contributed by atoms with Crippen molar-refractivity contribution in [2.24, 2.45) is 5.92 Å². The molecule has 2 amide bonds. The first-order chi connectivity index (χ1) is 12.2. The Hall–Kier alpha value is -1.15. The number of likely N-dealkylation sites (tertiary alicyclic amines) is 1. The van der Waals surface area contributed by atoms with Crippen LogP contribution >= 0.6 is 11.3 Å². The number of hydrogen-bond acceptors (Lipinski definition) is 5. The van der Waals surface area contributed by atoms with Crippen LogP contribution in [0.4, 0.5) is 4.79 Å². The molecule has 0 atom stereocenters. The van der Waals surface area contributed by atoms with Gasteiger partial charge in [-0.1, -0.05) is 6.07 Å². The van der Waals surface area contributed by atoms with Crippen LogP contribution in [0.25, 0.3) is 0 Å². The summed E-state index contributed by atoms with van der Waals surface area (Å²) >= 11 is 1.80. The normalized spacial score (nSPS) is 20.8. The Balaban J connectivity index is 1.32. The van der Waals surface area contributed by atoms with Crippen molar-refractivity contribution in [2.45, 2.75) is 19.4 Å². The van der Waals surface area contributed by atoms with Crippen LogP contribution in [0.2, 0.25) is 0 Å². The molecule has 0 aromatic carbocycles. The van der Waals surface area contributed by atoms with Gasteiger partial charge in [-0.15, -0.1) is 11.3 Å². The van der Waals surface area contributed by atoms with Gasteiger partial charge in [-0.05, 0) is 43.3 Å². The summed E-state index contributed by atoms with van der Waals surface area (Å²) in [6.45, 7) is 8.37. The lowest BCUT2D eigenvalue weighted by Crippen LogP contribution is -2.52. The number of aliphatic hydroxyl groups excluding tert-OH is 1. The number of rotatable bonds is 6. The van der Waals surface area contributed by atoms with Crippen LogP contribution in [0.3, 0.4) is 0 Å². The second-order valence-corrected chi connectivity index (χ2v) is 8.07. The zero-order valence-electron chi connectivity index (χ0n) is 14.9. The lowest BCUT2D eigenvalue weighted by atomic mass is 9.97. The van der Waals surface area contributed by atoms with Crippen LogP contribution in [0, 0.1) is 5.92 Å². The first-order valence-corrected chi connectivity index (χ1v) is 10.2. The molecule has 140 valence electrons. The molecule has 6 nitrogen and oxygen atoms in total. The second-order valence-electron chi connectivity index (χ2n) is 7.04. The van der Waals surface area contributed by atoms with Gasteiger partial charge in [-0.3, -0.25) is 4.90 Å². The van der Waals surface area contributed by atoms with Gasteiger partial charge in [0.2, 0.25) is 0 Å². The van der Waals surface area contributed by atoms with Gasteiger partial charge in [-0.2, -0.15) is 0 Å². The summed E-state index contributed by atoms with van der Waals surface area (Å²) in [7, 11) is 0. The number of β-amino-alcohol motifs (C(OH)–C–C–N with tert-alkyl or cyclic N) is 1. The van der Waals surface area contributed by atoms with Gasteiger partial charge >= 0.3 is 6.03 Å². The molecule has 0 aliphatic carbocycles. The Labute approximate surface area is 154 Å². The van der Waals surface area contributed by atoms with Gasteiger partial charge in [0.25, 0.3) is 0 Å². The number of carbonyl (C=O) groups excluding carboxylic acids is 1. The quantitative estimate of drug-likeness (QED) is 0.796. The molecule has 7 heteroatoms. The van der Waals surface area contributed by atoms with Crippen LogP contribution < -0.4 is 5.32 Å². The van der Waals surface area contributed by atoms with E-state index in [2.05, 4.69) is 32.6 Å². The first-order valence-electron chi connectivity index (χ1n) is 9.35. The van der Waals surface area contributed by atoms with Crippen LogP contribution in [0.15, 0.2) is 17.5 Å². The van der Waals surface area contributed by atoms with E-state index in [-0.39, 0.29) is 12.6 Å². The van der Waals surface area contributed by atoms with Gasteiger partial charge in [0.1, 0.15) is 0 Å². The van der Waals surface area contributed by atoms with E-state index in [4.69, 9.17) is 5.11 Å². The smallest absolute Gasteiger partial charge is 0.317 e. The Morgan fingerprint density at radius 2 is 1.92 bits per heavy atom. The number of amides is 2. The summed E-state index contributed by atoms with van der Waals surface area (Å²) in [4.78, 5) is 20.5. The van der Waals surface area contributed by atoms with Crippen molar-refractivity contribution in [3.05, 3.63) is 22.4 Å². The molecule has 2 N–H and O–H groups in total. The summed E-state index contributed by atoms with van der Waals surface area (Å²) in [6, 6.07) is 4.36. The molecular weight excluding hydrogens is 336 g/mol. The predicted octanol–water partition coefficient (Wildman–Crippen LogP) is 1.28. The Morgan fingerprint density at radius 1 is 1.16 bits per heavy atom. The van der Waals surface area contributed by atoms with Gasteiger partial charge in [0.05, 0.1) is 6.61 Å². The number of hydrogen-bond donors (Lipinski definition) is 2. The molecular formula is C18H30N4O2S. The van der Waals surface area contributed by atoms with Crippen LogP contribution in [0.5, 0.6) is 0 Å². The minimum absolute atomic E-state index is 0.0913. The zero-order chi connectivity index (χ0) is 17.5. The van der Waals surface area contributed by atoms with E-state index >= 15 is 0 Å². The van der Waals surface area contributed by atoms with E-state index < -0.39 is 0 Å². The fourth-order valence-corrected chi connectivity index (χ4v) is 4.38. The fourth-order valence-electron chi connectivity index (χ4n) is 3.63. The monoisotopic (exact) mass is 366 g/mol. The first kappa shape index (κ1) is 18.6. The number of piperidine rings is 1. The molecule has 3 rings (SSSR count). The van der Waals surface area contributed by atoms with Crippen molar-refractivity contribution < 1.29 is 9.90 Å². The van der Waals surface area contributed by atoms with E-state index in [1.54, 1.807) is 11.3 Å². The number of aliphatic hydroxyl groups is 1. The van der Waals surface area contributed by atoms with Crippen LogP contribution in [-0.2, 0) is 6.54 Å². The van der Waals surface area contributed by atoms with E-state index in [0.717, 1.165) is 71.7 Å². The van der Waals surface area contributed by atoms with Crippen molar-refractivity contribution in [2.75, 3.05) is 59.0 Å². The highest BCUT2D eigenvalue weighted by Gasteiger charge is 2.23. The summed E-state index contributed by atoms with van der Waals surface area (Å²) in [6.07, 6.45) is 2.21. The molecule has 0 unspecified atom stereocenters. The van der Waals surface area contributed by atoms with E-state index in [1.165, 1.54) is 4.88 Å². The average Bonchev–Trinajstić information content (AvgIpc) is 3.15. The highest BCUT2D eigenvalue weighted by Crippen LogP contribution is 2.16. The molecule has 0 saturated carbocycles. The van der Waals surface area contributed by atoms with E-state index in [9.17, 15) is 4.79 Å².